The standard InChI is InChI=1S/C24H17Br2N3O4/c25-18-7-1-16(2-8-18)5-13-23(30)27-20-11-12-22(29(32)33)21(15-20)28-24(31)14-6-17-3-9-19(26)10-4-17/h1-15H,(H,27,30)(H,28,31)/b13-5+,14-6+. The Kier molecular flexibility index (Phi) is 8.28. The van der Waals surface area contributed by atoms with Crippen LogP contribution in [0.5, 0.6) is 0 Å². The van der Waals surface area contributed by atoms with E-state index in [4.69, 9.17) is 0 Å². The van der Waals surface area contributed by atoms with Crippen LogP contribution in [0.25, 0.3) is 12.2 Å². The first-order chi connectivity index (χ1) is 15.8. The van der Waals surface area contributed by atoms with Crippen molar-refractivity contribution in [2.45, 2.75) is 0 Å². The smallest absolute Gasteiger partial charge is 0.292 e. The second kappa shape index (κ2) is 11.3. The fourth-order valence-corrected chi connectivity index (χ4v) is 3.25. The number of carbonyl (C=O) groups excluding carboxylic acids is 2. The number of nitro groups is 1. The quantitative estimate of drug-likeness (QED) is 0.194. The number of amides is 2. The van der Waals surface area contributed by atoms with Gasteiger partial charge in [0.2, 0.25) is 11.8 Å². The Hall–Kier alpha value is -3.56. The van der Waals surface area contributed by atoms with Crippen molar-refractivity contribution in [1.82, 2.24) is 0 Å². The molecule has 0 aliphatic rings. The molecule has 0 aliphatic carbocycles. The van der Waals surface area contributed by atoms with E-state index in [1.807, 2.05) is 48.5 Å². The molecule has 3 rings (SSSR count). The van der Waals surface area contributed by atoms with Crippen molar-refractivity contribution in [1.29, 1.82) is 0 Å². The molecule has 2 N–H and O–H groups in total. The first kappa shape index (κ1) is 24.1. The van der Waals surface area contributed by atoms with Gasteiger partial charge in [0.1, 0.15) is 5.69 Å². The summed E-state index contributed by atoms with van der Waals surface area (Å²) in [5.41, 5.74) is 1.62. The summed E-state index contributed by atoms with van der Waals surface area (Å²) < 4.78 is 1.83. The van der Waals surface area contributed by atoms with Gasteiger partial charge in [-0.2, -0.15) is 0 Å². The van der Waals surface area contributed by atoms with E-state index in [-0.39, 0.29) is 11.4 Å². The summed E-state index contributed by atoms with van der Waals surface area (Å²) in [6, 6.07) is 18.7. The minimum absolute atomic E-state index is 0.0276. The molecule has 9 heteroatoms. The monoisotopic (exact) mass is 569 g/mol. The lowest BCUT2D eigenvalue weighted by atomic mass is 10.2. The predicted molar refractivity (Wildman–Crippen MR) is 137 cm³/mol. The van der Waals surface area contributed by atoms with Crippen LogP contribution in [-0.2, 0) is 9.59 Å². The molecule has 0 spiro atoms. The van der Waals surface area contributed by atoms with E-state index in [0.717, 1.165) is 20.1 Å². The van der Waals surface area contributed by atoms with Gasteiger partial charge < -0.3 is 10.6 Å². The van der Waals surface area contributed by atoms with Crippen LogP contribution in [0.15, 0.2) is 87.8 Å². The minimum Gasteiger partial charge on any atom is -0.322 e. The largest absolute Gasteiger partial charge is 0.322 e. The molecule has 0 aliphatic heterocycles. The van der Waals surface area contributed by atoms with Gasteiger partial charge in [-0.25, -0.2) is 0 Å². The van der Waals surface area contributed by atoms with Gasteiger partial charge in [-0.3, -0.25) is 19.7 Å². The number of hydrogen-bond acceptors (Lipinski definition) is 4. The second-order valence-electron chi connectivity index (χ2n) is 6.74. The van der Waals surface area contributed by atoms with Crippen molar-refractivity contribution in [3.8, 4) is 0 Å². The Morgan fingerprint density at radius 3 is 1.73 bits per heavy atom. The highest BCUT2D eigenvalue weighted by molar-refractivity contribution is 9.10. The molecule has 7 nitrogen and oxygen atoms in total. The molecular weight excluding hydrogens is 554 g/mol. The summed E-state index contributed by atoms with van der Waals surface area (Å²) in [6.45, 7) is 0. The predicted octanol–water partition coefficient (Wildman–Crippen LogP) is 6.42. The maximum atomic E-state index is 12.3. The van der Waals surface area contributed by atoms with E-state index in [2.05, 4.69) is 42.5 Å². The van der Waals surface area contributed by atoms with Crippen LogP contribution in [0.2, 0.25) is 0 Å². The average molecular weight is 571 g/mol. The molecule has 0 radical (unpaired) electrons. The first-order valence-corrected chi connectivity index (χ1v) is 11.2. The molecule has 0 unspecified atom stereocenters. The van der Waals surface area contributed by atoms with Crippen molar-refractivity contribution >= 4 is 72.9 Å². The van der Waals surface area contributed by atoms with Gasteiger partial charge in [0, 0.05) is 32.9 Å². The maximum Gasteiger partial charge on any atom is 0.292 e. The van der Waals surface area contributed by atoms with Gasteiger partial charge in [-0.15, -0.1) is 0 Å². The number of nitrogens with zero attached hydrogens (tertiary/aromatic N) is 1. The highest BCUT2D eigenvalue weighted by Crippen LogP contribution is 2.28. The molecule has 2 amide bonds. The second-order valence-corrected chi connectivity index (χ2v) is 8.57. The van der Waals surface area contributed by atoms with Crippen molar-refractivity contribution < 1.29 is 14.5 Å². The minimum atomic E-state index is -0.604. The molecular formula is C24H17Br2N3O4. The lowest BCUT2D eigenvalue weighted by Crippen LogP contribution is -2.12. The van der Waals surface area contributed by atoms with Crippen LogP contribution in [-0.4, -0.2) is 16.7 Å². The van der Waals surface area contributed by atoms with Gasteiger partial charge in [0.15, 0.2) is 0 Å². The van der Waals surface area contributed by atoms with Crippen molar-refractivity contribution in [2.75, 3.05) is 10.6 Å². The van der Waals surface area contributed by atoms with Gasteiger partial charge in [0.25, 0.3) is 5.69 Å². The van der Waals surface area contributed by atoms with E-state index >= 15 is 0 Å². The third kappa shape index (κ3) is 7.51. The Balaban J connectivity index is 1.71. The lowest BCUT2D eigenvalue weighted by Gasteiger charge is -2.07. The number of carbonyl (C=O) groups is 2. The number of anilines is 2. The molecule has 0 atom stereocenters. The van der Waals surface area contributed by atoms with Gasteiger partial charge >= 0.3 is 0 Å². The van der Waals surface area contributed by atoms with Crippen LogP contribution < -0.4 is 10.6 Å². The zero-order valence-corrected chi connectivity index (χ0v) is 20.2. The molecule has 0 saturated carbocycles. The Labute approximate surface area is 206 Å². The number of nitro benzene ring substituents is 1. The van der Waals surface area contributed by atoms with Crippen molar-refractivity contribution in [3.63, 3.8) is 0 Å². The van der Waals surface area contributed by atoms with E-state index in [9.17, 15) is 19.7 Å². The van der Waals surface area contributed by atoms with Crippen molar-refractivity contribution in [2.24, 2.45) is 0 Å². The SMILES string of the molecule is O=C(/C=C/c1ccc(Br)cc1)Nc1ccc([N+](=O)[O-])c(NC(=O)/C=C/c2ccc(Br)cc2)c1. The topological polar surface area (TPSA) is 101 Å². The van der Waals surface area contributed by atoms with Crippen LogP contribution in [0.3, 0.4) is 0 Å². The number of benzene rings is 3. The molecule has 3 aromatic carbocycles. The summed E-state index contributed by atoms with van der Waals surface area (Å²) in [7, 11) is 0. The molecule has 33 heavy (non-hydrogen) atoms. The summed E-state index contributed by atoms with van der Waals surface area (Å²) in [5.74, 6) is -0.959. The number of nitrogens with one attached hydrogen (secondary N) is 2. The highest BCUT2D eigenvalue weighted by atomic mass is 79.9. The van der Waals surface area contributed by atoms with Crippen LogP contribution in [0.4, 0.5) is 17.1 Å². The zero-order chi connectivity index (χ0) is 23.8. The molecule has 0 aromatic heterocycles. The molecule has 0 heterocycles. The third-order valence-electron chi connectivity index (χ3n) is 4.31. The Bertz CT molecular complexity index is 1240. The van der Waals surface area contributed by atoms with E-state index in [1.54, 1.807) is 12.2 Å². The zero-order valence-electron chi connectivity index (χ0n) is 17.0. The fraction of sp³-hybridized carbons (Fsp3) is 0. The van der Waals surface area contributed by atoms with Crippen molar-refractivity contribution in [3.05, 3.63) is 109 Å². The summed E-state index contributed by atoms with van der Waals surface area (Å²) in [5, 5.41) is 16.5. The summed E-state index contributed by atoms with van der Waals surface area (Å²) >= 11 is 6.68. The Morgan fingerprint density at radius 1 is 0.758 bits per heavy atom. The summed E-state index contributed by atoms with van der Waals surface area (Å²) in [4.78, 5) is 35.3. The van der Waals surface area contributed by atoms with E-state index in [0.29, 0.717) is 5.69 Å². The lowest BCUT2D eigenvalue weighted by molar-refractivity contribution is -0.383. The highest BCUT2D eigenvalue weighted by Gasteiger charge is 2.16. The van der Waals surface area contributed by atoms with Crippen LogP contribution in [0.1, 0.15) is 11.1 Å². The van der Waals surface area contributed by atoms with Gasteiger partial charge in [-0.05, 0) is 59.7 Å². The summed E-state index contributed by atoms with van der Waals surface area (Å²) in [6.07, 6.45) is 5.86. The van der Waals surface area contributed by atoms with E-state index < -0.39 is 16.7 Å². The average Bonchev–Trinajstić information content (AvgIpc) is 2.78. The first-order valence-electron chi connectivity index (χ1n) is 9.58. The van der Waals surface area contributed by atoms with Gasteiger partial charge in [0.05, 0.1) is 4.92 Å². The molecule has 0 bridgehead atoms. The Morgan fingerprint density at radius 2 is 1.24 bits per heavy atom. The molecule has 0 fully saturated rings. The van der Waals surface area contributed by atoms with Crippen LogP contribution >= 0.6 is 31.9 Å². The number of hydrogen-bond donors (Lipinski definition) is 2. The number of halogens is 2. The van der Waals surface area contributed by atoms with E-state index in [1.165, 1.54) is 30.4 Å². The molecule has 0 saturated heterocycles. The van der Waals surface area contributed by atoms with Crippen LogP contribution in [0, 0.1) is 10.1 Å². The fourth-order valence-electron chi connectivity index (χ4n) is 2.72. The maximum absolute atomic E-state index is 12.3. The molecule has 3 aromatic rings. The van der Waals surface area contributed by atoms with Gasteiger partial charge in [-0.1, -0.05) is 56.1 Å². The molecule has 166 valence electrons. The normalized spacial score (nSPS) is 11.0. The number of rotatable bonds is 7. The third-order valence-corrected chi connectivity index (χ3v) is 5.37.